The monoisotopic (exact) mass is 492 g/mol. The molecule has 0 aliphatic rings. The van der Waals surface area contributed by atoms with E-state index in [0.29, 0.717) is 22.8 Å². The van der Waals surface area contributed by atoms with Gasteiger partial charge in [0.15, 0.2) is 5.11 Å². The third-order valence-corrected chi connectivity index (χ3v) is 6.74. The van der Waals surface area contributed by atoms with E-state index in [1.165, 1.54) is 43.5 Å². The number of methoxy groups -OCH3 is 1. The maximum Gasteiger partial charge on any atom is 0.261 e. The molecule has 12 heteroatoms. The van der Waals surface area contributed by atoms with Gasteiger partial charge in [-0.15, -0.1) is 0 Å². The van der Waals surface area contributed by atoms with Crippen molar-refractivity contribution in [2.24, 2.45) is 5.14 Å². The maximum atomic E-state index is 12.6. The summed E-state index contributed by atoms with van der Waals surface area (Å²) in [4.78, 5) is 0.0679. The summed E-state index contributed by atoms with van der Waals surface area (Å²) >= 11 is 5.23. The van der Waals surface area contributed by atoms with Gasteiger partial charge in [0, 0.05) is 17.1 Å². The van der Waals surface area contributed by atoms with Crippen molar-refractivity contribution in [3.05, 3.63) is 72.8 Å². The van der Waals surface area contributed by atoms with E-state index in [0.717, 1.165) is 0 Å². The SMILES string of the molecule is COc1ccc(NS(=O)(=O)c2ccc(NC(=S)Nc3ccc(S(N)(=O)=O)cc3)cc2)cc1. The fourth-order valence-corrected chi connectivity index (χ4v) is 4.42. The first-order valence-electron chi connectivity index (χ1n) is 9.05. The minimum atomic E-state index is -3.77. The molecule has 0 amide bonds. The number of hydrogen-bond donors (Lipinski definition) is 4. The van der Waals surface area contributed by atoms with Gasteiger partial charge in [-0.2, -0.15) is 0 Å². The van der Waals surface area contributed by atoms with E-state index < -0.39 is 20.0 Å². The molecule has 0 aliphatic heterocycles. The molecule has 3 aromatic carbocycles. The van der Waals surface area contributed by atoms with Crippen molar-refractivity contribution in [3.8, 4) is 5.75 Å². The first-order chi connectivity index (χ1) is 15.1. The van der Waals surface area contributed by atoms with Crippen LogP contribution in [-0.4, -0.2) is 29.1 Å². The Bertz CT molecular complexity index is 1310. The summed E-state index contributed by atoms with van der Waals surface area (Å²) in [6.45, 7) is 0. The lowest BCUT2D eigenvalue weighted by Crippen LogP contribution is -2.19. The van der Waals surface area contributed by atoms with Crippen molar-refractivity contribution in [3.63, 3.8) is 0 Å². The number of primary sulfonamides is 1. The van der Waals surface area contributed by atoms with Gasteiger partial charge in [0.1, 0.15) is 5.75 Å². The van der Waals surface area contributed by atoms with Gasteiger partial charge in [0.05, 0.1) is 16.9 Å². The van der Waals surface area contributed by atoms with Gasteiger partial charge in [-0.3, -0.25) is 4.72 Å². The van der Waals surface area contributed by atoms with E-state index in [2.05, 4.69) is 15.4 Å². The molecule has 0 aromatic heterocycles. The number of nitrogens with two attached hydrogens (primary N) is 1. The highest BCUT2D eigenvalue weighted by molar-refractivity contribution is 7.92. The summed E-state index contributed by atoms with van der Waals surface area (Å²) < 4.78 is 55.3. The molecule has 0 fully saturated rings. The minimum absolute atomic E-state index is 0.0121. The molecule has 168 valence electrons. The van der Waals surface area contributed by atoms with E-state index in [1.54, 1.807) is 36.4 Å². The van der Waals surface area contributed by atoms with Crippen LogP contribution < -0.4 is 25.2 Å². The third-order valence-electron chi connectivity index (χ3n) is 4.21. The second kappa shape index (κ2) is 9.53. The second-order valence-electron chi connectivity index (χ2n) is 6.51. The van der Waals surface area contributed by atoms with E-state index in [-0.39, 0.29) is 14.9 Å². The van der Waals surface area contributed by atoms with Crippen LogP contribution in [0, 0.1) is 0 Å². The molecule has 0 spiro atoms. The highest BCUT2D eigenvalue weighted by Gasteiger charge is 2.14. The molecule has 0 saturated heterocycles. The van der Waals surface area contributed by atoms with Crippen molar-refractivity contribution in [1.82, 2.24) is 0 Å². The zero-order valence-corrected chi connectivity index (χ0v) is 19.2. The molecule has 5 N–H and O–H groups in total. The van der Waals surface area contributed by atoms with E-state index in [9.17, 15) is 16.8 Å². The first-order valence-corrected chi connectivity index (χ1v) is 12.5. The van der Waals surface area contributed by atoms with Gasteiger partial charge in [-0.25, -0.2) is 22.0 Å². The van der Waals surface area contributed by atoms with Crippen LogP contribution in [0.5, 0.6) is 5.75 Å². The summed E-state index contributed by atoms with van der Waals surface area (Å²) in [6.07, 6.45) is 0. The van der Waals surface area contributed by atoms with Gasteiger partial charge in [-0.05, 0) is 85.0 Å². The zero-order valence-electron chi connectivity index (χ0n) is 16.8. The number of anilines is 3. The van der Waals surface area contributed by atoms with Crippen LogP contribution in [0.3, 0.4) is 0 Å². The van der Waals surface area contributed by atoms with Crippen molar-refractivity contribution in [1.29, 1.82) is 0 Å². The number of ether oxygens (including phenoxy) is 1. The van der Waals surface area contributed by atoms with Crippen LogP contribution >= 0.6 is 12.2 Å². The molecule has 3 aromatic rings. The molecule has 0 heterocycles. The van der Waals surface area contributed by atoms with E-state index >= 15 is 0 Å². The Morgan fingerprint density at radius 1 is 0.750 bits per heavy atom. The van der Waals surface area contributed by atoms with Gasteiger partial charge < -0.3 is 15.4 Å². The molecule has 9 nitrogen and oxygen atoms in total. The molecule has 32 heavy (non-hydrogen) atoms. The summed E-state index contributed by atoms with van der Waals surface area (Å²) in [5.74, 6) is 0.619. The van der Waals surface area contributed by atoms with Crippen LogP contribution in [0.1, 0.15) is 0 Å². The number of rotatable bonds is 7. The number of sulfonamides is 2. The summed E-state index contributed by atoms with van der Waals surface area (Å²) in [6, 6.07) is 18.3. The van der Waals surface area contributed by atoms with Gasteiger partial charge >= 0.3 is 0 Å². The highest BCUT2D eigenvalue weighted by Crippen LogP contribution is 2.21. The predicted molar refractivity (Wildman–Crippen MR) is 128 cm³/mol. The average Bonchev–Trinajstić information content (AvgIpc) is 2.74. The largest absolute Gasteiger partial charge is 0.497 e. The Hall–Kier alpha value is -3.19. The smallest absolute Gasteiger partial charge is 0.261 e. The molecule has 0 radical (unpaired) electrons. The van der Waals surface area contributed by atoms with Crippen LogP contribution in [-0.2, 0) is 20.0 Å². The van der Waals surface area contributed by atoms with E-state index in [4.69, 9.17) is 22.1 Å². The van der Waals surface area contributed by atoms with E-state index in [1.807, 2.05) is 0 Å². The quantitative estimate of drug-likeness (QED) is 0.369. The lowest BCUT2D eigenvalue weighted by molar-refractivity contribution is 0.415. The molecule has 0 saturated carbocycles. The third kappa shape index (κ3) is 6.17. The topological polar surface area (TPSA) is 140 Å². The van der Waals surface area contributed by atoms with Crippen molar-refractivity contribution >= 4 is 54.4 Å². The first kappa shape index (κ1) is 23.5. The number of benzene rings is 3. The van der Waals surface area contributed by atoms with Crippen LogP contribution in [0.25, 0.3) is 0 Å². The van der Waals surface area contributed by atoms with Crippen molar-refractivity contribution in [2.75, 3.05) is 22.5 Å². The second-order valence-corrected chi connectivity index (χ2v) is 10.2. The van der Waals surface area contributed by atoms with Crippen molar-refractivity contribution < 1.29 is 21.6 Å². The number of hydrogen-bond acceptors (Lipinski definition) is 6. The fraction of sp³-hybridized carbons (Fsp3) is 0.0500. The summed E-state index contributed by atoms with van der Waals surface area (Å²) in [5.41, 5.74) is 1.52. The molecule has 0 atom stereocenters. The van der Waals surface area contributed by atoms with Crippen molar-refractivity contribution in [2.45, 2.75) is 9.79 Å². The Labute approximate surface area is 191 Å². The van der Waals surface area contributed by atoms with Gasteiger partial charge in [0.2, 0.25) is 10.0 Å². The Kier molecular flexibility index (Phi) is 6.99. The highest BCUT2D eigenvalue weighted by atomic mass is 32.2. The van der Waals surface area contributed by atoms with Gasteiger partial charge in [-0.1, -0.05) is 0 Å². The Balaban J connectivity index is 1.62. The van der Waals surface area contributed by atoms with Crippen LogP contribution in [0.4, 0.5) is 17.1 Å². The predicted octanol–water partition coefficient (Wildman–Crippen LogP) is 2.95. The summed E-state index contributed by atoms with van der Waals surface area (Å²) in [5, 5.41) is 11.1. The fourth-order valence-electron chi connectivity index (χ4n) is 2.61. The normalized spacial score (nSPS) is 11.4. The maximum absolute atomic E-state index is 12.6. The molecular weight excluding hydrogens is 472 g/mol. The summed E-state index contributed by atoms with van der Waals surface area (Å²) in [7, 11) is -6.01. The molecule has 3 rings (SSSR count). The molecular formula is C20H20N4O5S3. The number of nitrogens with one attached hydrogen (secondary N) is 3. The van der Waals surface area contributed by atoms with Crippen LogP contribution in [0.15, 0.2) is 82.6 Å². The standard InChI is InChI=1S/C20H20N4O5S3/c1-29-17-8-2-16(3-9-17)24-32(27,28)19-12-6-15(7-13-19)23-20(30)22-14-4-10-18(11-5-14)31(21,25)26/h2-13,24H,1H3,(H2,21,25,26)(H2,22,23,30). The lowest BCUT2D eigenvalue weighted by atomic mass is 10.3. The Morgan fingerprint density at radius 2 is 1.19 bits per heavy atom. The van der Waals surface area contributed by atoms with Gasteiger partial charge in [0.25, 0.3) is 10.0 Å². The number of thiocarbonyl (C=S) groups is 1. The molecule has 0 aliphatic carbocycles. The lowest BCUT2D eigenvalue weighted by Gasteiger charge is -2.12. The zero-order chi connectivity index (χ0) is 23.4. The molecule has 0 bridgehead atoms. The Morgan fingerprint density at radius 3 is 1.62 bits per heavy atom. The average molecular weight is 493 g/mol. The van der Waals surface area contributed by atoms with Crippen LogP contribution in [0.2, 0.25) is 0 Å². The molecule has 0 unspecified atom stereocenters. The minimum Gasteiger partial charge on any atom is -0.497 e.